The minimum Gasteiger partial charge on any atom is -0.378 e. The Bertz CT molecular complexity index is 814. The van der Waals surface area contributed by atoms with E-state index in [1.54, 1.807) is 0 Å². The molecule has 1 aliphatic rings. The molecule has 0 unspecified atom stereocenters. The molecule has 28 heavy (non-hydrogen) atoms. The number of nitrogens with zero attached hydrogens (tertiary/aromatic N) is 2. The number of carbonyl (C=O) groups excluding carboxylic acids is 1. The highest BCUT2D eigenvalue weighted by atomic mass is 16.1. The minimum absolute atomic E-state index is 0.187. The zero-order chi connectivity index (χ0) is 20.3. The molecule has 3 heteroatoms. The molecule has 0 radical (unpaired) electrons. The van der Waals surface area contributed by atoms with Gasteiger partial charge in [-0.1, -0.05) is 31.2 Å². The Morgan fingerprint density at radius 3 is 1.39 bits per heavy atom. The van der Waals surface area contributed by atoms with E-state index in [0.717, 1.165) is 46.5 Å². The number of anilines is 2. The largest absolute Gasteiger partial charge is 0.378 e. The van der Waals surface area contributed by atoms with Crippen LogP contribution in [0.5, 0.6) is 0 Å². The second-order valence-corrected chi connectivity index (χ2v) is 8.15. The SMILES string of the molecule is CC1C/C(=C\c2ccc(N(C)C)cc2)C(=O)/C(=C/c2ccc(N(C)C)cc2)C1. The number of carbonyl (C=O) groups is 1. The highest BCUT2D eigenvalue weighted by Crippen LogP contribution is 2.32. The van der Waals surface area contributed by atoms with E-state index in [9.17, 15) is 4.79 Å². The smallest absolute Gasteiger partial charge is 0.185 e. The zero-order valence-electron chi connectivity index (χ0n) is 17.6. The molecular weight excluding hydrogens is 344 g/mol. The summed E-state index contributed by atoms with van der Waals surface area (Å²) in [7, 11) is 8.12. The zero-order valence-corrected chi connectivity index (χ0v) is 17.6. The molecule has 1 aliphatic carbocycles. The van der Waals surface area contributed by atoms with Crippen molar-refractivity contribution in [1.82, 2.24) is 0 Å². The quantitative estimate of drug-likeness (QED) is 0.680. The first-order valence-electron chi connectivity index (χ1n) is 9.84. The number of hydrogen-bond donors (Lipinski definition) is 0. The molecular formula is C25H30N2O. The van der Waals surface area contributed by atoms with E-state index in [1.807, 2.05) is 28.2 Å². The van der Waals surface area contributed by atoms with Crippen LogP contribution in [0, 0.1) is 5.92 Å². The summed E-state index contributed by atoms with van der Waals surface area (Å²) in [5.41, 5.74) is 6.30. The van der Waals surface area contributed by atoms with Crippen molar-refractivity contribution in [1.29, 1.82) is 0 Å². The summed E-state index contributed by atoms with van der Waals surface area (Å²) < 4.78 is 0. The maximum Gasteiger partial charge on any atom is 0.185 e. The molecule has 0 amide bonds. The standard InChI is InChI=1S/C25H30N2O/c1-18-14-21(16-19-6-10-23(11-7-19)26(2)3)25(28)22(15-18)17-20-8-12-24(13-9-20)27(4)5/h6-13,16-18H,14-15H2,1-5H3/b21-16+,22-17+. The summed E-state index contributed by atoms with van der Waals surface area (Å²) in [4.78, 5) is 17.2. The molecule has 0 N–H and O–H groups in total. The van der Waals surface area contributed by atoms with E-state index < -0.39 is 0 Å². The Balaban J connectivity index is 1.85. The molecule has 0 bridgehead atoms. The summed E-state index contributed by atoms with van der Waals surface area (Å²) in [6.45, 7) is 2.22. The summed E-state index contributed by atoms with van der Waals surface area (Å²) in [6.07, 6.45) is 5.79. The average molecular weight is 375 g/mol. The minimum atomic E-state index is 0.187. The van der Waals surface area contributed by atoms with Gasteiger partial charge in [0.05, 0.1) is 0 Å². The van der Waals surface area contributed by atoms with E-state index in [0.29, 0.717) is 5.92 Å². The van der Waals surface area contributed by atoms with Crippen molar-refractivity contribution in [2.45, 2.75) is 19.8 Å². The Morgan fingerprint density at radius 2 is 1.07 bits per heavy atom. The number of hydrogen-bond acceptors (Lipinski definition) is 3. The first kappa shape index (κ1) is 19.9. The Kier molecular flexibility index (Phi) is 6.03. The lowest BCUT2D eigenvalue weighted by Gasteiger charge is -2.23. The van der Waals surface area contributed by atoms with E-state index in [1.165, 1.54) is 0 Å². The molecule has 0 spiro atoms. The van der Waals surface area contributed by atoms with Crippen LogP contribution in [0.2, 0.25) is 0 Å². The van der Waals surface area contributed by atoms with Crippen molar-refractivity contribution in [2.24, 2.45) is 5.92 Å². The third-order valence-corrected chi connectivity index (χ3v) is 5.22. The maximum atomic E-state index is 13.1. The van der Waals surface area contributed by atoms with Crippen LogP contribution in [-0.2, 0) is 4.79 Å². The van der Waals surface area contributed by atoms with Crippen LogP contribution in [0.3, 0.4) is 0 Å². The average Bonchev–Trinajstić information content (AvgIpc) is 2.66. The van der Waals surface area contributed by atoms with Gasteiger partial charge < -0.3 is 9.80 Å². The fraction of sp³-hybridized carbons (Fsp3) is 0.320. The number of benzene rings is 2. The summed E-state index contributed by atoms with van der Waals surface area (Å²) in [6, 6.07) is 16.7. The highest BCUT2D eigenvalue weighted by Gasteiger charge is 2.25. The molecule has 1 saturated carbocycles. The van der Waals surface area contributed by atoms with Gasteiger partial charge >= 0.3 is 0 Å². The molecule has 0 heterocycles. The molecule has 0 aromatic heterocycles. The van der Waals surface area contributed by atoms with E-state index in [-0.39, 0.29) is 5.78 Å². The molecule has 146 valence electrons. The van der Waals surface area contributed by atoms with Gasteiger partial charge in [-0.05, 0) is 66.3 Å². The van der Waals surface area contributed by atoms with Crippen LogP contribution < -0.4 is 9.80 Å². The molecule has 1 fully saturated rings. The number of ketones is 1. The fourth-order valence-corrected chi connectivity index (χ4v) is 3.60. The van der Waals surface area contributed by atoms with Gasteiger partial charge in [0.25, 0.3) is 0 Å². The van der Waals surface area contributed by atoms with Gasteiger partial charge in [-0.3, -0.25) is 4.79 Å². The van der Waals surface area contributed by atoms with Crippen molar-refractivity contribution in [3.8, 4) is 0 Å². The molecule has 0 aliphatic heterocycles. The van der Waals surface area contributed by atoms with Crippen LogP contribution in [0.15, 0.2) is 59.7 Å². The van der Waals surface area contributed by atoms with E-state index in [4.69, 9.17) is 0 Å². The van der Waals surface area contributed by atoms with E-state index in [2.05, 4.69) is 77.4 Å². The third-order valence-electron chi connectivity index (χ3n) is 5.22. The van der Waals surface area contributed by atoms with Gasteiger partial charge in [-0.2, -0.15) is 0 Å². The topological polar surface area (TPSA) is 23.6 Å². The second-order valence-electron chi connectivity index (χ2n) is 8.15. The first-order chi connectivity index (χ1) is 13.3. The van der Waals surface area contributed by atoms with Gasteiger partial charge in [0.15, 0.2) is 5.78 Å². The Hall–Kier alpha value is -2.81. The Labute approximate surface area is 169 Å². The fourth-order valence-electron chi connectivity index (χ4n) is 3.60. The van der Waals surface area contributed by atoms with Gasteiger partial charge in [0, 0.05) is 50.7 Å². The summed E-state index contributed by atoms with van der Waals surface area (Å²) >= 11 is 0. The van der Waals surface area contributed by atoms with Crippen LogP contribution in [0.1, 0.15) is 30.9 Å². The van der Waals surface area contributed by atoms with Crippen molar-refractivity contribution in [2.75, 3.05) is 38.0 Å². The molecule has 3 rings (SSSR count). The molecule has 0 saturated heterocycles. The normalized spacial score (nSPS) is 19.9. The maximum absolute atomic E-state index is 13.1. The lowest BCUT2D eigenvalue weighted by molar-refractivity contribution is -0.113. The lowest BCUT2D eigenvalue weighted by atomic mass is 9.81. The molecule has 3 nitrogen and oxygen atoms in total. The Morgan fingerprint density at radius 1 is 0.714 bits per heavy atom. The number of Topliss-reactive ketones (excluding diaryl/α,β-unsaturated/α-hetero) is 1. The van der Waals surface area contributed by atoms with Crippen LogP contribution in [0.4, 0.5) is 11.4 Å². The number of allylic oxidation sites excluding steroid dienone is 2. The summed E-state index contributed by atoms with van der Waals surface area (Å²) in [5.74, 6) is 0.656. The lowest BCUT2D eigenvalue weighted by Crippen LogP contribution is -2.18. The van der Waals surface area contributed by atoms with Crippen molar-refractivity contribution in [3.63, 3.8) is 0 Å². The predicted molar refractivity (Wildman–Crippen MR) is 121 cm³/mol. The van der Waals surface area contributed by atoms with Crippen molar-refractivity contribution >= 4 is 29.3 Å². The van der Waals surface area contributed by atoms with Crippen LogP contribution >= 0.6 is 0 Å². The molecule has 2 aromatic rings. The summed E-state index contributed by atoms with van der Waals surface area (Å²) in [5, 5.41) is 0. The van der Waals surface area contributed by atoms with Crippen LogP contribution in [0.25, 0.3) is 12.2 Å². The van der Waals surface area contributed by atoms with Gasteiger partial charge in [-0.15, -0.1) is 0 Å². The van der Waals surface area contributed by atoms with Gasteiger partial charge in [0.2, 0.25) is 0 Å². The monoisotopic (exact) mass is 374 g/mol. The van der Waals surface area contributed by atoms with Gasteiger partial charge in [0.1, 0.15) is 0 Å². The third kappa shape index (κ3) is 4.72. The second kappa shape index (κ2) is 8.47. The van der Waals surface area contributed by atoms with Gasteiger partial charge in [-0.25, -0.2) is 0 Å². The van der Waals surface area contributed by atoms with Crippen molar-refractivity contribution in [3.05, 3.63) is 70.8 Å². The van der Waals surface area contributed by atoms with E-state index >= 15 is 0 Å². The highest BCUT2D eigenvalue weighted by molar-refractivity contribution is 6.14. The van der Waals surface area contributed by atoms with Crippen LogP contribution in [-0.4, -0.2) is 34.0 Å². The molecule has 0 atom stereocenters. The predicted octanol–water partition coefficient (Wildman–Crippen LogP) is 5.28. The van der Waals surface area contributed by atoms with Crippen molar-refractivity contribution < 1.29 is 4.79 Å². The molecule has 2 aromatic carbocycles. The number of rotatable bonds is 4. The first-order valence-corrected chi connectivity index (χ1v) is 9.84.